The summed E-state index contributed by atoms with van der Waals surface area (Å²) in [6, 6.07) is 5.04. The fraction of sp³-hybridized carbons (Fsp3) is 0.615. The van der Waals surface area contributed by atoms with Crippen molar-refractivity contribution in [2.45, 2.75) is 91.0 Å². The molecule has 0 bridgehead atoms. The van der Waals surface area contributed by atoms with Gasteiger partial charge in [0.1, 0.15) is 17.7 Å². The molecule has 2 rings (SSSR count). The van der Waals surface area contributed by atoms with E-state index in [1.807, 2.05) is 45.0 Å². The molecule has 9 heteroatoms. The number of alkyl carbamates (subject to hydrolysis) is 1. The molecule has 0 radical (unpaired) electrons. The van der Waals surface area contributed by atoms with Gasteiger partial charge in [0.2, 0.25) is 17.7 Å². The number of benzene rings is 1. The molecule has 0 heterocycles. The minimum Gasteiger partial charge on any atom is -0.444 e. The maximum atomic E-state index is 13.9. The van der Waals surface area contributed by atoms with Crippen LogP contribution in [-0.4, -0.2) is 52.9 Å². The van der Waals surface area contributed by atoms with Crippen molar-refractivity contribution in [3.8, 4) is 0 Å². The molecule has 4 unspecified atom stereocenters. The number of hydrogen-bond acceptors (Lipinski definition) is 5. The summed E-state index contributed by atoms with van der Waals surface area (Å²) >= 11 is 0. The third-order valence-corrected chi connectivity index (χ3v) is 5.91. The summed E-state index contributed by atoms with van der Waals surface area (Å²) in [5, 5.41) is 5.47. The molecule has 1 aromatic rings. The molecule has 1 fully saturated rings. The third-order valence-electron chi connectivity index (χ3n) is 5.91. The summed E-state index contributed by atoms with van der Waals surface area (Å²) in [7, 11) is 0. The van der Waals surface area contributed by atoms with Crippen molar-refractivity contribution in [1.82, 2.24) is 15.5 Å². The molecule has 0 aliphatic heterocycles. The van der Waals surface area contributed by atoms with Crippen LogP contribution in [0.15, 0.2) is 24.3 Å². The lowest BCUT2D eigenvalue weighted by atomic mass is 9.97. The van der Waals surface area contributed by atoms with Gasteiger partial charge in [0.05, 0.1) is 6.42 Å². The second-order valence-electron chi connectivity index (χ2n) is 10.3. The Morgan fingerprint density at radius 2 is 1.83 bits per heavy atom. The summed E-state index contributed by atoms with van der Waals surface area (Å²) in [5.74, 6) is -1.41. The van der Waals surface area contributed by atoms with Crippen molar-refractivity contribution in [3.63, 3.8) is 0 Å². The van der Waals surface area contributed by atoms with Crippen molar-refractivity contribution in [3.05, 3.63) is 35.4 Å². The molecule has 1 aliphatic rings. The molecular weight excluding hydrogens is 448 g/mol. The lowest BCUT2D eigenvalue weighted by molar-refractivity contribution is -0.144. The van der Waals surface area contributed by atoms with E-state index in [0.717, 1.165) is 18.4 Å². The van der Waals surface area contributed by atoms with Crippen LogP contribution in [0, 0.1) is 12.8 Å². The van der Waals surface area contributed by atoms with Crippen molar-refractivity contribution < 1.29 is 23.9 Å². The lowest BCUT2D eigenvalue weighted by Gasteiger charge is -2.35. The standard InChI is InChI=1S/C26H40N4O5/c1-7-8-13-28-23(32)22(18-12-10-9-11-16(18)2)30(20-14-17(20)3)24(33)19(15-21(27)31)29-25(34)35-26(4,5)6/h9-12,17,19-20,22H,7-8,13-15H2,1-6H3,(H2,27,31)(H,28,32)(H,29,34). The van der Waals surface area contributed by atoms with Gasteiger partial charge in [0, 0.05) is 12.6 Å². The minimum atomic E-state index is -1.26. The summed E-state index contributed by atoms with van der Waals surface area (Å²) in [4.78, 5) is 53.3. The van der Waals surface area contributed by atoms with E-state index in [1.165, 1.54) is 4.90 Å². The molecule has 35 heavy (non-hydrogen) atoms. The fourth-order valence-electron chi connectivity index (χ4n) is 4.00. The number of nitrogens with one attached hydrogen (secondary N) is 2. The molecule has 4 N–H and O–H groups in total. The van der Waals surface area contributed by atoms with E-state index in [1.54, 1.807) is 20.8 Å². The number of primary amides is 1. The van der Waals surface area contributed by atoms with E-state index in [2.05, 4.69) is 10.6 Å². The Hall–Kier alpha value is -3.10. The van der Waals surface area contributed by atoms with Gasteiger partial charge in [-0.1, -0.05) is 44.5 Å². The molecule has 1 saturated carbocycles. The minimum absolute atomic E-state index is 0.171. The summed E-state index contributed by atoms with van der Waals surface area (Å²) in [5.41, 5.74) is 6.19. The number of carbonyl (C=O) groups is 4. The van der Waals surface area contributed by atoms with Gasteiger partial charge in [-0.15, -0.1) is 0 Å². The number of rotatable bonds is 11. The first-order valence-electron chi connectivity index (χ1n) is 12.3. The molecule has 0 spiro atoms. The normalized spacial score (nSPS) is 18.7. The number of carbonyl (C=O) groups excluding carboxylic acids is 4. The highest BCUT2D eigenvalue weighted by atomic mass is 16.6. The van der Waals surface area contributed by atoms with Crippen LogP contribution in [0.4, 0.5) is 4.79 Å². The number of aryl methyl sites for hydroxylation is 1. The van der Waals surface area contributed by atoms with Crippen LogP contribution in [0.2, 0.25) is 0 Å². The van der Waals surface area contributed by atoms with Gasteiger partial charge < -0.3 is 26.0 Å². The van der Waals surface area contributed by atoms with Crippen molar-refractivity contribution in [2.75, 3.05) is 6.54 Å². The Kier molecular flexibility index (Phi) is 9.68. The quantitative estimate of drug-likeness (QED) is 0.412. The summed E-state index contributed by atoms with van der Waals surface area (Å²) in [6.07, 6.45) is 1.20. The number of unbranched alkanes of at least 4 members (excludes halogenated alkanes) is 1. The number of amides is 4. The number of hydrogen-bond donors (Lipinski definition) is 3. The third kappa shape index (κ3) is 8.26. The Balaban J connectivity index is 2.47. The van der Waals surface area contributed by atoms with Crippen LogP contribution in [0.5, 0.6) is 0 Å². The van der Waals surface area contributed by atoms with Crippen LogP contribution in [-0.2, 0) is 19.1 Å². The number of ether oxygens (including phenoxy) is 1. The van der Waals surface area contributed by atoms with E-state index in [9.17, 15) is 19.2 Å². The average molecular weight is 489 g/mol. The van der Waals surface area contributed by atoms with Crippen molar-refractivity contribution >= 4 is 23.8 Å². The van der Waals surface area contributed by atoms with E-state index in [4.69, 9.17) is 10.5 Å². The highest BCUT2D eigenvalue weighted by Gasteiger charge is 2.48. The maximum Gasteiger partial charge on any atom is 0.408 e. The molecule has 1 aromatic carbocycles. The predicted molar refractivity (Wildman–Crippen MR) is 133 cm³/mol. The van der Waals surface area contributed by atoms with Crippen molar-refractivity contribution in [1.29, 1.82) is 0 Å². The SMILES string of the molecule is CCCCNC(=O)C(c1ccccc1C)N(C(=O)C(CC(N)=O)NC(=O)OC(C)(C)C)C1CC1C. The van der Waals surface area contributed by atoms with E-state index in [-0.39, 0.29) is 17.9 Å². The van der Waals surface area contributed by atoms with Gasteiger partial charge in [-0.2, -0.15) is 0 Å². The summed E-state index contributed by atoms with van der Waals surface area (Å²) < 4.78 is 5.30. The van der Waals surface area contributed by atoms with Gasteiger partial charge in [-0.05, 0) is 57.6 Å². The molecule has 1 aliphatic carbocycles. The summed E-state index contributed by atoms with van der Waals surface area (Å²) in [6.45, 7) is 11.5. The first kappa shape index (κ1) is 28.1. The largest absolute Gasteiger partial charge is 0.444 e. The second-order valence-corrected chi connectivity index (χ2v) is 10.3. The Morgan fingerprint density at radius 1 is 1.20 bits per heavy atom. The smallest absolute Gasteiger partial charge is 0.408 e. The molecule has 194 valence electrons. The zero-order chi connectivity index (χ0) is 26.3. The molecular formula is C26H40N4O5. The van der Waals surface area contributed by atoms with E-state index >= 15 is 0 Å². The Morgan fingerprint density at radius 3 is 2.34 bits per heavy atom. The van der Waals surface area contributed by atoms with E-state index < -0.39 is 42.0 Å². The number of nitrogens with two attached hydrogens (primary N) is 1. The molecule has 0 saturated heterocycles. The van der Waals surface area contributed by atoms with Crippen LogP contribution >= 0.6 is 0 Å². The number of nitrogens with zero attached hydrogens (tertiary/aromatic N) is 1. The fourth-order valence-corrected chi connectivity index (χ4v) is 4.00. The lowest BCUT2D eigenvalue weighted by Crippen LogP contribution is -2.55. The van der Waals surface area contributed by atoms with Gasteiger partial charge in [-0.25, -0.2) is 4.79 Å². The predicted octanol–water partition coefficient (Wildman–Crippen LogP) is 2.96. The van der Waals surface area contributed by atoms with Gasteiger partial charge in [-0.3, -0.25) is 14.4 Å². The van der Waals surface area contributed by atoms with Gasteiger partial charge in [0.15, 0.2) is 0 Å². The average Bonchev–Trinajstić information content (AvgIpc) is 3.46. The van der Waals surface area contributed by atoms with Crippen LogP contribution in [0.3, 0.4) is 0 Å². The zero-order valence-electron chi connectivity index (χ0n) is 21.7. The van der Waals surface area contributed by atoms with Crippen LogP contribution < -0.4 is 16.4 Å². The monoisotopic (exact) mass is 488 g/mol. The molecule has 4 atom stereocenters. The van der Waals surface area contributed by atoms with Gasteiger partial charge in [0.25, 0.3) is 0 Å². The van der Waals surface area contributed by atoms with Crippen LogP contribution in [0.1, 0.15) is 77.5 Å². The first-order chi connectivity index (χ1) is 16.4. The van der Waals surface area contributed by atoms with Crippen LogP contribution in [0.25, 0.3) is 0 Å². The Labute approximate surface area is 208 Å². The second kappa shape index (κ2) is 12.0. The zero-order valence-corrected chi connectivity index (χ0v) is 21.7. The molecule has 4 amide bonds. The molecule has 0 aromatic heterocycles. The Bertz CT molecular complexity index is 927. The highest BCUT2D eigenvalue weighted by Crippen LogP contribution is 2.41. The molecule has 9 nitrogen and oxygen atoms in total. The topological polar surface area (TPSA) is 131 Å². The van der Waals surface area contributed by atoms with Gasteiger partial charge >= 0.3 is 6.09 Å². The highest BCUT2D eigenvalue weighted by molar-refractivity contribution is 5.95. The van der Waals surface area contributed by atoms with Crippen molar-refractivity contribution in [2.24, 2.45) is 11.7 Å². The van der Waals surface area contributed by atoms with E-state index in [0.29, 0.717) is 18.5 Å². The first-order valence-corrected chi connectivity index (χ1v) is 12.3. The maximum absolute atomic E-state index is 13.9.